The van der Waals surface area contributed by atoms with Crippen molar-refractivity contribution in [2.24, 2.45) is 0 Å². The third-order valence-electron chi connectivity index (χ3n) is 3.89. The average molecular weight is 310 g/mol. The molecule has 5 nitrogen and oxygen atoms in total. The molecule has 118 valence electrons. The lowest BCUT2D eigenvalue weighted by Crippen LogP contribution is -2.38. The number of amides is 2. The minimum atomic E-state index is -0.674. The summed E-state index contributed by atoms with van der Waals surface area (Å²) in [6.45, 7) is 0.638. The van der Waals surface area contributed by atoms with Crippen LogP contribution in [0.3, 0.4) is 0 Å². The SMILES string of the molecule is O=C(Nc1ccc(-c2ccccc2)cc1)C(=O)N1CC[C@@H](O)C1. The third kappa shape index (κ3) is 3.57. The van der Waals surface area contributed by atoms with Crippen molar-refractivity contribution in [1.29, 1.82) is 0 Å². The Kier molecular flexibility index (Phi) is 4.39. The summed E-state index contributed by atoms with van der Waals surface area (Å²) in [7, 11) is 0. The predicted molar refractivity (Wildman–Crippen MR) is 87.7 cm³/mol. The first kappa shape index (κ1) is 15.2. The summed E-state index contributed by atoms with van der Waals surface area (Å²) in [5.74, 6) is -1.28. The summed E-state index contributed by atoms with van der Waals surface area (Å²) >= 11 is 0. The van der Waals surface area contributed by atoms with Crippen molar-refractivity contribution in [3.05, 3.63) is 54.6 Å². The fourth-order valence-electron chi connectivity index (χ4n) is 2.63. The molecule has 0 unspecified atom stereocenters. The summed E-state index contributed by atoms with van der Waals surface area (Å²) in [5.41, 5.74) is 2.70. The van der Waals surface area contributed by atoms with Crippen LogP contribution in [-0.2, 0) is 9.59 Å². The number of carbonyl (C=O) groups is 2. The molecule has 1 fully saturated rings. The molecule has 2 N–H and O–H groups in total. The summed E-state index contributed by atoms with van der Waals surface area (Å²) < 4.78 is 0. The Morgan fingerprint density at radius 3 is 2.26 bits per heavy atom. The highest BCUT2D eigenvalue weighted by atomic mass is 16.3. The van der Waals surface area contributed by atoms with Crippen molar-refractivity contribution in [3.8, 4) is 11.1 Å². The molecule has 0 saturated carbocycles. The zero-order valence-electron chi connectivity index (χ0n) is 12.6. The zero-order valence-corrected chi connectivity index (χ0v) is 12.6. The molecule has 23 heavy (non-hydrogen) atoms. The minimum Gasteiger partial charge on any atom is -0.391 e. The van der Waals surface area contributed by atoms with E-state index < -0.39 is 17.9 Å². The van der Waals surface area contributed by atoms with Gasteiger partial charge in [0.15, 0.2) is 0 Å². The van der Waals surface area contributed by atoms with E-state index in [1.807, 2.05) is 42.5 Å². The first-order chi connectivity index (χ1) is 11.1. The van der Waals surface area contributed by atoms with Gasteiger partial charge in [-0.25, -0.2) is 0 Å². The van der Waals surface area contributed by atoms with Gasteiger partial charge in [-0.2, -0.15) is 0 Å². The smallest absolute Gasteiger partial charge is 0.313 e. The molecular formula is C18H18N2O3. The van der Waals surface area contributed by atoms with Crippen LogP contribution in [0.25, 0.3) is 11.1 Å². The van der Waals surface area contributed by atoms with Gasteiger partial charge >= 0.3 is 11.8 Å². The molecule has 0 bridgehead atoms. The standard InChI is InChI=1S/C18H18N2O3/c21-16-10-11-20(12-16)18(23)17(22)19-15-8-6-14(7-9-15)13-4-2-1-3-5-13/h1-9,16,21H,10-12H2,(H,19,22)/t16-/m1/s1. The van der Waals surface area contributed by atoms with E-state index in [2.05, 4.69) is 5.32 Å². The molecule has 2 aromatic rings. The summed E-state index contributed by atoms with van der Waals surface area (Å²) in [6.07, 6.45) is -0.0120. The van der Waals surface area contributed by atoms with Crippen LogP contribution in [0.1, 0.15) is 6.42 Å². The number of benzene rings is 2. The molecule has 2 aromatic carbocycles. The summed E-state index contributed by atoms with van der Waals surface area (Å²) in [6, 6.07) is 17.2. The highest BCUT2D eigenvalue weighted by Crippen LogP contribution is 2.21. The highest BCUT2D eigenvalue weighted by Gasteiger charge is 2.28. The normalized spacial score (nSPS) is 17.1. The van der Waals surface area contributed by atoms with E-state index >= 15 is 0 Å². The molecular weight excluding hydrogens is 292 g/mol. The number of nitrogens with zero attached hydrogens (tertiary/aromatic N) is 1. The van der Waals surface area contributed by atoms with Crippen molar-refractivity contribution in [1.82, 2.24) is 4.90 Å². The zero-order chi connectivity index (χ0) is 16.2. The van der Waals surface area contributed by atoms with Crippen molar-refractivity contribution in [2.75, 3.05) is 18.4 Å². The Morgan fingerprint density at radius 1 is 1.00 bits per heavy atom. The monoisotopic (exact) mass is 310 g/mol. The number of aliphatic hydroxyl groups is 1. The lowest BCUT2D eigenvalue weighted by molar-refractivity contribution is -0.142. The van der Waals surface area contributed by atoms with Crippen LogP contribution in [-0.4, -0.2) is 41.0 Å². The van der Waals surface area contributed by atoms with E-state index in [0.29, 0.717) is 18.7 Å². The molecule has 0 radical (unpaired) electrons. The van der Waals surface area contributed by atoms with E-state index in [4.69, 9.17) is 0 Å². The Labute approximate surface area is 134 Å². The van der Waals surface area contributed by atoms with Gasteiger partial charge in [-0.05, 0) is 29.7 Å². The molecule has 1 aliphatic rings. The second-order valence-corrected chi connectivity index (χ2v) is 5.59. The largest absolute Gasteiger partial charge is 0.391 e. The lowest BCUT2D eigenvalue weighted by atomic mass is 10.1. The third-order valence-corrected chi connectivity index (χ3v) is 3.89. The van der Waals surface area contributed by atoms with E-state index in [-0.39, 0.29) is 6.54 Å². The number of nitrogens with one attached hydrogen (secondary N) is 1. The molecule has 0 aromatic heterocycles. The number of β-amino-alcohol motifs (C(OH)–C–C–N with tert-alkyl or cyclic N) is 1. The first-order valence-corrected chi connectivity index (χ1v) is 7.57. The maximum absolute atomic E-state index is 12.0. The van der Waals surface area contributed by atoms with Crippen LogP contribution in [0.4, 0.5) is 5.69 Å². The number of hydrogen-bond acceptors (Lipinski definition) is 3. The number of hydrogen-bond donors (Lipinski definition) is 2. The minimum absolute atomic E-state index is 0.221. The predicted octanol–water partition coefficient (Wildman–Crippen LogP) is 1.89. The average Bonchev–Trinajstić information content (AvgIpc) is 3.02. The molecule has 1 heterocycles. The molecule has 3 rings (SSSR count). The Hall–Kier alpha value is -2.66. The van der Waals surface area contributed by atoms with Gasteiger partial charge in [0.1, 0.15) is 0 Å². The Morgan fingerprint density at radius 2 is 1.65 bits per heavy atom. The van der Waals surface area contributed by atoms with Gasteiger partial charge in [0.25, 0.3) is 0 Å². The second-order valence-electron chi connectivity index (χ2n) is 5.59. The second kappa shape index (κ2) is 6.62. The first-order valence-electron chi connectivity index (χ1n) is 7.57. The van der Waals surface area contributed by atoms with Crippen molar-refractivity contribution >= 4 is 17.5 Å². The molecule has 1 saturated heterocycles. The maximum atomic E-state index is 12.0. The van der Waals surface area contributed by atoms with Gasteiger partial charge in [0, 0.05) is 18.8 Å². The van der Waals surface area contributed by atoms with E-state index in [0.717, 1.165) is 11.1 Å². The fraction of sp³-hybridized carbons (Fsp3) is 0.222. The van der Waals surface area contributed by atoms with Gasteiger partial charge < -0.3 is 15.3 Å². The van der Waals surface area contributed by atoms with E-state index in [1.54, 1.807) is 12.1 Å². The molecule has 1 atom stereocenters. The summed E-state index contributed by atoms with van der Waals surface area (Å²) in [5, 5.41) is 12.0. The van der Waals surface area contributed by atoms with Crippen molar-refractivity contribution in [2.45, 2.75) is 12.5 Å². The van der Waals surface area contributed by atoms with Crippen LogP contribution in [0.2, 0.25) is 0 Å². The molecule has 2 amide bonds. The van der Waals surface area contributed by atoms with E-state index in [1.165, 1.54) is 4.90 Å². The number of anilines is 1. The van der Waals surface area contributed by atoms with Gasteiger partial charge in [-0.3, -0.25) is 9.59 Å². The van der Waals surface area contributed by atoms with Gasteiger partial charge in [-0.1, -0.05) is 42.5 Å². The van der Waals surface area contributed by atoms with Crippen LogP contribution in [0.5, 0.6) is 0 Å². The van der Waals surface area contributed by atoms with Crippen LogP contribution >= 0.6 is 0 Å². The number of aliphatic hydroxyl groups excluding tert-OH is 1. The highest BCUT2D eigenvalue weighted by molar-refractivity contribution is 6.39. The Balaban J connectivity index is 1.64. The molecule has 0 spiro atoms. The van der Waals surface area contributed by atoms with E-state index in [9.17, 15) is 14.7 Å². The lowest BCUT2D eigenvalue weighted by Gasteiger charge is -2.15. The number of rotatable bonds is 2. The topological polar surface area (TPSA) is 69.6 Å². The number of likely N-dealkylation sites (tertiary alicyclic amines) is 1. The van der Waals surface area contributed by atoms with Crippen molar-refractivity contribution < 1.29 is 14.7 Å². The number of carbonyl (C=O) groups excluding carboxylic acids is 2. The maximum Gasteiger partial charge on any atom is 0.313 e. The fourth-order valence-corrected chi connectivity index (χ4v) is 2.63. The van der Waals surface area contributed by atoms with Crippen LogP contribution in [0.15, 0.2) is 54.6 Å². The van der Waals surface area contributed by atoms with Crippen LogP contribution in [0, 0.1) is 0 Å². The Bertz CT molecular complexity index is 698. The van der Waals surface area contributed by atoms with Gasteiger partial charge in [0.05, 0.1) is 6.10 Å². The molecule has 0 aliphatic carbocycles. The summed E-state index contributed by atoms with van der Waals surface area (Å²) in [4.78, 5) is 25.3. The quantitative estimate of drug-likeness (QED) is 0.832. The van der Waals surface area contributed by atoms with Crippen molar-refractivity contribution in [3.63, 3.8) is 0 Å². The molecule has 1 aliphatic heterocycles. The van der Waals surface area contributed by atoms with Gasteiger partial charge in [-0.15, -0.1) is 0 Å². The molecule has 5 heteroatoms. The van der Waals surface area contributed by atoms with Crippen LogP contribution < -0.4 is 5.32 Å². The van der Waals surface area contributed by atoms with Gasteiger partial charge in [0.2, 0.25) is 0 Å².